The van der Waals surface area contributed by atoms with E-state index in [4.69, 9.17) is 4.74 Å². The predicted octanol–water partition coefficient (Wildman–Crippen LogP) is 5.16. The fourth-order valence-electron chi connectivity index (χ4n) is 2.34. The van der Waals surface area contributed by atoms with Crippen LogP contribution in [0.3, 0.4) is 0 Å². The average Bonchev–Trinajstić information content (AvgIpc) is 2.38. The highest BCUT2D eigenvalue weighted by Gasteiger charge is 2.14. The summed E-state index contributed by atoms with van der Waals surface area (Å²) in [7, 11) is 0. The van der Waals surface area contributed by atoms with Gasteiger partial charge in [0.2, 0.25) is 0 Å². The predicted molar refractivity (Wildman–Crippen MR) is 79.5 cm³/mol. The van der Waals surface area contributed by atoms with E-state index in [2.05, 4.69) is 46.4 Å². The SMILES string of the molecule is C=CCC(CC)c1ccc(OCCC)c(C)c1C. The zero-order valence-electron chi connectivity index (χ0n) is 12.3. The molecule has 1 rings (SSSR count). The number of hydrogen-bond acceptors (Lipinski definition) is 1. The Labute approximate surface area is 112 Å². The largest absolute Gasteiger partial charge is 0.493 e. The maximum Gasteiger partial charge on any atom is 0.122 e. The third-order valence-electron chi connectivity index (χ3n) is 3.62. The second-order valence-electron chi connectivity index (χ2n) is 4.88. The first-order chi connectivity index (χ1) is 8.65. The van der Waals surface area contributed by atoms with Crippen LogP contribution >= 0.6 is 0 Å². The van der Waals surface area contributed by atoms with E-state index >= 15 is 0 Å². The van der Waals surface area contributed by atoms with E-state index in [0.717, 1.165) is 31.6 Å². The molecule has 0 N–H and O–H groups in total. The second-order valence-corrected chi connectivity index (χ2v) is 4.88. The van der Waals surface area contributed by atoms with E-state index in [1.54, 1.807) is 0 Å². The van der Waals surface area contributed by atoms with Gasteiger partial charge in [0.05, 0.1) is 6.61 Å². The minimum absolute atomic E-state index is 0.585. The van der Waals surface area contributed by atoms with E-state index < -0.39 is 0 Å². The first-order valence-electron chi connectivity index (χ1n) is 6.99. The van der Waals surface area contributed by atoms with Gasteiger partial charge >= 0.3 is 0 Å². The Morgan fingerprint density at radius 2 is 1.94 bits per heavy atom. The Morgan fingerprint density at radius 3 is 2.50 bits per heavy atom. The average molecular weight is 246 g/mol. The fourth-order valence-corrected chi connectivity index (χ4v) is 2.34. The number of rotatable bonds is 7. The molecule has 0 aliphatic heterocycles. The number of allylic oxidation sites excluding steroid dienone is 1. The van der Waals surface area contributed by atoms with E-state index in [0.29, 0.717) is 5.92 Å². The molecular formula is C17H26O. The summed E-state index contributed by atoms with van der Waals surface area (Å²) in [5.41, 5.74) is 4.10. The molecule has 0 heterocycles. The van der Waals surface area contributed by atoms with Gasteiger partial charge in [0.15, 0.2) is 0 Å². The van der Waals surface area contributed by atoms with Crippen LogP contribution in [-0.4, -0.2) is 6.61 Å². The summed E-state index contributed by atoms with van der Waals surface area (Å²) in [5, 5.41) is 0. The molecule has 1 nitrogen and oxygen atoms in total. The second kappa shape index (κ2) is 7.25. The number of ether oxygens (including phenoxy) is 1. The Balaban J connectivity index is 3.02. The molecule has 0 saturated carbocycles. The molecule has 0 aliphatic rings. The van der Waals surface area contributed by atoms with Crippen molar-refractivity contribution >= 4 is 0 Å². The summed E-state index contributed by atoms with van der Waals surface area (Å²) in [6.45, 7) is 13.4. The van der Waals surface area contributed by atoms with Gasteiger partial charge in [-0.1, -0.05) is 26.0 Å². The minimum Gasteiger partial charge on any atom is -0.493 e. The molecule has 0 radical (unpaired) electrons. The lowest BCUT2D eigenvalue weighted by Gasteiger charge is -2.19. The summed E-state index contributed by atoms with van der Waals surface area (Å²) in [6.07, 6.45) is 5.27. The van der Waals surface area contributed by atoms with Crippen LogP contribution in [-0.2, 0) is 0 Å². The zero-order chi connectivity index (χ0) is 13.5. The molecule has 0 aromatic heterocycles. The smallest absolute Gasteiger partial charge is 0.122 e. The third-order valence-corrected chi connectivity index (χ3v) is 3.62. The van der Waals surface area contributed by atoms with Gasteiger partial charge in [-0.05, 0) is 61.8 Å². The van der Waals surface area contributed by atoms with Crippen LogP contribution in [0.25, 0.3) is 0 Å². The van der Waals surface area contributed by atoms with E-state index in [1.807, 2.05) is 6.08 Å². The molecule has 1 aromatic carbocycles. The molecule has 0 amide bonds. The summed E-state index contributed by atoms with van der Waals surface area (Å²) in [5.74, 6) is 1.62. The number of hydrogen-bond donors (Lipinski definition) is 0. The first kappa shape index (κ1) is 14.8. The first-order valence-corrected chi connectivity index (χ1v) is 6.99. The third kappa shape index (κ3) is 3.38. The quantitative estimate of drug-likeness (QED) is 0.604. The normalized spacial score (nSPS) is 12.2. The fraction of sp³-hybridized carbons (Fsp3) is 0.529. The van der Waals surface area contributed by atoms with Gasteiger partial charge in [-0.3, -0.25) is 0 Å². The Hall–Kier alpha value is -1.24. The van der Waals surface area contributed by atoms with Crippen molar-refractivity contribution in [3.8, 4) is 5.75 Å². The highest BCUT2D eigenvalue weighted by atomic mass is 16.5. The standard InChI is InChI=1S/C17H26O/c1-6-9-15(8-3)16-10-11-17(18-12-7-2)14(5)13(16)4/h6,10-11,15H,1,7-9,12H2,2-5H3. The van der Waals surface area contributed by atoms with Crippen LogP contribution in [0.2, 0.25) is 0 Å². The van der Waals surface area contributed by atoms with Gasteiger partial charge in [-0.15, -0.1) is 6.58 Å². The van der Waals surface area contributed by atoms with Gasteiger partial charge in [-0.2, -0.15) is 0 Å². The molecule has 1 aromatic rings. The molecule has 0 aliphatic carbocycles. The highest BCUT2D eigenvalue weighted by molar-refractivity contribution is 5.45. The van der Waals surface area contributed by atoms with Crippen molar-refractivity contribution in [2.75, 3.05) is 6.61 Å². The van der Waals surface area contributed by atoms with E-state index in [-0.39, 0.29) is 0 Å². The lowest BCUT2D eigenvalue weighted by molar-refractivity contribution is 0.315. The summed E-state index contributed by atoms with van der Waals surface area (Å²) in [4.78, 5) is 0. The van der Waals surface area contributed by atoms with Gasteiger partial charge in [0.1, 0.15) is 5.75 Å². The maximum atomic E-state index is 5.77. The Bertz CT molecular complexity index is 393. The van der Waals surface area contributed by atoms with E-state index in [9.17, 15) is 0 Å². The van der Waals surface area contributed by atoms with E-state index in [1.165, 1.54) is 16.7 Å². The molecule has 1 heteroatoms. The van der Waals surface area contributed by atoms with Crippen molar-refractivity contribution in [3.05, 3.63) is 41.5 Å². The molecule has 0 spiro atoms. The molecule has 0 saturated heterocycles. The molecule has 100 valence electrons. The van der Waals surface area contributed by atoms with Crippen LogP contribution in [0.15, 0.2) is 24.8 Å². The van der Waals surface area contributed by atoms with Crippen molar-refractivity contribution in [2.45, 2.75) is 52.9 Å². The summed E-state index contributed by atoms with van der Waals surface area (Å²) >= 11 is 0. The van der Waals surface area contributed by atoms with Crippen LogP contribution in [0.4, 0.5) is 0 Å². The highest BCUT2D eigenvalue weighted by Crippen LogP contribution is 2.32. The molecular weight excluding hydrogens is 220 g/mol. The molecule has 1 unspecified atom stereocenters. The summed E-state index contributed by atoms with van der Waals surface area (Å²) < 4.78 is 5.77. The minimum atomic E-state index is 0.585. The van der Waals surface area contributed by atoms with Crippen molar-refractivity contribution in [2.24, 2.45) is 0 Å². The van der Waals surface area contributed by atoms with Crippen molar-refractivity contribution in [1.82, 2.24) is 0 Å². The van der Waals surface area contributed by atoms with Crippen molar-refractivity contribution < 1.29 is 4.74 Å². The van der Waals surface area contributed by atoms with Crippen LogP contribution in [0.1, 0.15) is 55.7 Å². The topological polar surface area (TPSA) is 9.23 Å². The van der Waals surface area contributed by atoms with Gasteiger partial charge in [0.25, 0.3) is 0 Å². The van der Waals surface area contributed by atoms with Crippen molar-refractivity contribution in [3.63, 3.8) is 0 Å². The van der Waals surface area contributed by atoms with Gasteiger partial charge in [-0.25, -0.2) is 0 Å². The van der Waals surface area contributed by atoms with Crippen LogP contribution < -0.4 is 4.74 Å². The zero-order valence-corrected chi connectivity index (χ0v) is 12.3. The Morgan fingerprint density at radius 1 is 1.22 bits per heavy atom. The van der Waals surface area contributed by atoms with Crippen molar-refractivity contribution in [1.29, 1.82) is 0 Å². The Kier molecular flexibility index (Phi) is 5.97. The number of benzene rings is 1. The maximum absolute atomic E-state index is 5.77. The lowest BCUT2D eigenvalue weighted by Crippen LogP contribution is -2.03. The molecule has 1 atom stereocenters. The molecule has 18 heavy (non-hydrogen) atoms. The molecule has 0 fully saturated rings. The van der Waals surface area contributed by atoms with Crippen LogP contribution in [0, 0.1) is 13.8 Å². The lowest BCUT2D eigenvalue weighted by atomic mass is 9.88. The monoisotopic (exact) mass is 246 g/mol. The van der Waals surface area contributed by atoms with Gasteiger partial charge < -0.3 is 4.74 Å². The summed E-state index contributed by atoms with van der Waals surface area (Å²) in [6, 6.07) is 4.35. The van der Waals surface area contributed by atoms with Crippen LogP contribution in [0.5, 0.6) is 5.75 Å². The van der Waals surface area contributed by atoms with Gasteiger partial charge in [0, 0.05) is 0 Å². The molecule has 0 bridgehead atoms.